The zero-order chi connectivity index (χ0) is 8.85. The van der Waals surface area contributed by atoms with Crippen LogP contribution in [-0.2, 0) is 0 Å². The second-order valence-corrected chi connectivity index (χ2v) is 2.72. The second-order valence-electron chi connectivity index (χ2n) is 2.27. The van der Waals surface area contributed by atoms with Crippen molar-refractivity contribution in [2.24, 2.45) is 0 Å². The van der Waals surface area contributed by atoms with Crippen LogP contribution in [0.3, 0.4) is 0 Å². The number of hydrogen-bond acceptors (Lipinski definition) is 2. The average molecular weight is 170 g/mol. The van der Waals surface area contributed by atoms with E-state index in [1.54, 1.807) is 0 Å². The van der Waals surface area contributed by atoms with Gasteiger partial charge in [-0.15, -0.1) is 12.6 Å². The van der Waals surface area contributed by atoms with Crippen molar-refractivity contribution in [2.45, 2.75) is 6.92 Å². The van der Waals surface area contributed by atoms with Crippen molar-refractivity contribution >= 4 is 17.7 Å². The Labute approximate surface area is 73.3 Å². The molecule has 0 aromatic heterocycles. The van der Waals surface area contributed by atoms with Gasteiger partial charge in [-0.05, 0) is 19.5 Å². The molecule has 2 N–H and O–H groups in total. The lowest BCUT2D eigenvalue weighted by atomic mass is 10.1. The molecule has 0 aromatic rings. The van der Waals surface area contributed by atoms with Crippen molar-refractivity contribution in [2.75, 3.05) is 13.6 Å². The van der Waals surface area contributed by atoms with Gasteiger partial charge in [-0.2, -0.15) is 0 Å². The molecule has 62 valence electrons. The maximum Gasteiger partial charge on any atom is 0.0908 e. The van der Waals surface area contributed by atoms with Crippen molar-refractivity contribution in [3.05, 3.63) is 23.8 Å². The Balaban J connectivity index is 4.12. The predicted octanol–water partition coefficient (Wildman–Crippen LogP) is 1.62. The van der Waals surface area contributed by atoms with Gasteiger partial charge in [-0.25, -0.2) is 0 Å². The van der Waals surface area contributed by atoms with Crippen LogP contribution < -0.4 is 5.32 Å². The topological polar surface area (TPSA) is 35.9 Å². The zero-order valence-electron chi connectivity index (χ0n) is 6.94. The molecule has 0 atom stereocenters. The highest BCUT2D eigenvalue weighted by Gasteiger charge is 1.97. The average Bonchev–Trinajstić information content (AvgIpc) is 1.98. The van der Waals surface area contributed by atoms with E-state index in [0.29, 0.717) is 5.57 Å². The van der Waals surface area contributed by atoms with Gasteiger partial charge in [-0.1, -0.05) is 12.7 Å². The molecule has 0 bridgehead atoms. The summed E-state index contributed by atoms with van der Waals surface area (Å²) in [5, 5.41) is 10.4. The Morgan fingerprint density at radius 3 is 2.64 bits per heavy atom. The molecule has 11 heavy (non-hydrogen) atoms. The molecule has 0 fully saturated rings. The van der Waals surface area contributed by atoms with Gasteiger partial charge < -0.3 is 5.32 Å². The third-order valence-corrected chi connectivity index (χ3v) is 1.64. The highest BCUT2D eigenvalue weighted by atomic mass is 32.1. The number of hydrogen-bond donors (Lipinski definition) is 3. The monoisotopic (exact) mass is 170 g/mol. The molecule has 3 heteroatoms. The van der Waals surface area contributed by atoms with E-state index in [9.17, 15) is 0 Å². The van der Waals surface area contributed by atoms with Gasteiger partial charge in [0.05, 0.1) is 5.04 Å². The SMILES string of the molecule is C=C(C(=N)S)/C(C)=C\CNC. The van der Waals surface area contributed by atoms with E-state index < -0.39 is 0 Å². The Hall–Kier alpha value is -0.540. The van der Waals surface area contributed by atoms with E-state index in [-0.39, 0.29) is 5.04 Å². The molecule has 0 spiro atoms. The lowest BCUT2D eigenvalue weighted by Crippen LogP contribution is -2.05. The zero-order valence-corrected chi connectivity index (χ0v) is 7.83. The van der Waals surface area contributed by atoms with E-state index in [0.717, 1.165) is 12.1 Å². The van der Waals surface area contributed by atoms with Gasteiger partial charge in [0, 0.05) is 12.1 Å². The quantitative estimate of drug-likeness (QED) is 0.255. The van der Waals surface area contributed by atoms with E-state index in [1.807, 2.05) is 20.0 Å². The maximum absolute atomic E-state index is 7.17. The molecule has 0 aromatic carbocycles. The molecule has 0 radical (unpaired) electrons. The van der Waals surface area contributed by atoms with E-state index in [2.05, 4.69) is 24.5 Å². The Morgan fingerprint density at radius 1 is 1.73 bits per heavy atom. The fourth-order valence-electron chi connectivity index (χ4n) is 0.565. The lowest BCUT2D eigenvalue weighted by molar-refractivity contribution is 0.914. The van der Waals surface area contributed by atoms with Crippen molar-refractivity contribution in [3.8, 4) is 0 Å². The molecule has 0 aliphatic carbocycles. The van der Waals surface area contributed by atoms with Crippen molar-refractivity contribution < 1.29 is 0 Å². The summed E-state index contributed by atoms with van der Waals surface area (Å²) in [6.45, 7) is 6.43. The highest BCUT2D eigenvalue weighted by molar-refractivity contribution is 7.97. The van der Waals surface area contributed by atoms with Crippen LogP contribution in [0.15, 0.2) is 23.8 Å². The first kappa shape index (κ1) is 10.5. The Morgan fingerprint density at radius 2 is 2.27 bits per heavy atom. The molecule has 0 amide bonds. The van der Waals surface area contributed by atoms with Crippen LogP contribution in [-0.4, -0.2) is 18.6 Å². The number of rotatable bonds is 4. The number of nitrogens with one attached hydrogen (secondary N) is 2. The summed E-state index contributed by atoms with van der Waals surface area (Å²) < 4.78 is 0. The van der Waals surface area contributed by atoms with E-state index >= 15 is 0 Å². The third kappa shape index (κ3) is 4.01. The third-order valence-electron chi connectivity index (χ3n) is 1.37. The summed E-state index contributed by atoms with van der Waals surface area (Å²) in [5.74, 6) is 0. The lowest BCUT2D eigenvalue weighted by Gasteiger charge is -2.02. The molecule has 0 rings (SSSR count). The largest absolute Gasteiger partial charge is 0.316 e. The van der Waals surface area contributed by atoms with Crippen LogP contribution in [0.4, 0.5) is 0 Å². The normalized spacial score (nSPS) is 11.4. The molecular formula is C8H14N2S. The second kappa shape index (κ2) is 5.16. The van der Waals surface area contributed by atoms with Gasteiger partial charge in [0.2, 0.25) is 0 Å². The molecule has 0 saturated heterocycles. The van der Waals surface area contributed by atoms with Gasteiger partial charge in [0.15, 0.2) is 0 Å². The van der Waals surface area contributed by atoms with Gasteiger partial charge >= 0.3 is 0 Å². The fraction of sp³-hybridized carbons (Fsp3) is 0.375. The molecular weight excluding hydrogens is 156 g/mol. The van der Waals surface area contributed by atoms with E-state index in [1.165, 1.54) is 0 Å². The first-order valence-electron chi connectivity index (χ1n) is 3.38. The summed E-state index contributed by atoms with van der Waals surface area (Å²) >= 11 is 3.88. The Kier molecular flexibility index (Phi) is 4.90. The number of likely N-dealkylation sites (N-methyl/N-ethyl adjacent to an activating group) is 1. The standard InChI is InChI=1S/C8H14N2S/c1-6(4-5-10-3)7(2)8(9)11/h4,10H,2,5H2,1,3H3,(H2,9,11)/b6-4-. The van der Waals surface area contributed by atoms with Gasteiger partial charge in [-0.3, -0.25) is 5.41 Å². The summed E-state index contributed by atoms with van der Waals surface area (Å²) in [4.78, 5) is 0. The minimum Gasteiger partial charge on any atom is -0.316 e. The molecule has 0 saturated carbocycles. The minimum absolute atomic E-state index is 0.231. The maximum atomic E-state index is 7.17. The Bertz CT molecular complexity index is 194. The van der Waals surface area contributed by atoms with Crippen LogP contribution in [0, 0.1) is 5.41 Å². The number of thiol groups is 1. The summed E-state index contributed by atoms with van der Waals surface area (Å²) in [6.07, 6.45) is 1.98. The van der Waals surface area contributed by atoms with Crippen LogP contribution >= 0.6 is 12.6 Å². The highest BCUT2D eigenvalue weighted by Crippen LogP contribution is 2.08. The molecule has 0 unspecified atom stereocenters. The summed E-state index contributed by atoms with van der Waals surface area (Å²) in [7, 11) is 1.87. The fourth-order valence-corrected chi connectivity index (χ4v) is 0.741. The van der Waals surface area contributed by atoms with Crippen LogP contribution in [0.5, 0.6) is 0 Å². The van der Waals surface area contributed by atoms with E-state index in [4.69, 9.17) is 5.41 Å². The van der Waals surface area contributed by atoms with Crippen LogP contribution in [0.25, 0.3) is 0 Å². The predicted molar refractivity (Wildman–Crippen MR) is 53.5 cm³/mol. The summed E-state index contributed by atoms with van der Waals surface area (Å²) in [5.41, 5.74) is 1.68. The molecule has 0 heterocycles. The van der Waals surface area contributed by atoms with Gasteiger partial charge in [0.1, 0.15) is 0 Å². The molecule has 0 aliphatic rings. The van der Waals surface area contributed by atoms with Crippen LogP contribution in [0.2, 0.25) is 0 Å². The minimum atomic E-state index is 0.231. The first-order valence-corrected chi connectivity index (χ1v) is 3.82. The van der Waals surface area contributed by atoms with Crippen LogP contribution in [0.1, 0.15) is 6.92 Å². The first-order chi connectivity index (χ1) is 5.09. The van der Waals surface area contributed by atoms with Gasteiger partial charge in [0.25, 0.3) is 0 Å². The smallest absolute Gasteiger partial charge is 0.0908 e. The van der Waals surface area contributed by atoms with Crippen molar-refractivity contribution in [3.63, 3.8) is 0 Å². The van der Waals surface area contributed by atoms with Crippen molar-refractivity contribution in [1.29, 1.82) is 5.41 Å². The number of allylic oxidation sites excluding steroid dienone is 1. The molecule has 0 aliphatic heterocycles. The summed E-state index contributed by atoms with van der Waals surface area (Å²) in [6, 6.07) is 0. The van der Waals surface area contributed by atoms with Crippen molar-refractivity contribution in [1.82, 2.24) is 5.32 Å². The molecule has 2 nitrogen and oxygen atoms in total.